The van der Waals surface area contributed by atoms with E-state index in [0.717, 1.165) is 42.7 Å². The molecule has 1 saturated heterocycles. The van der Waals surface area contributed by atoms with E-state index in [1.165, 1.54) is 47.8 Å². The first-order valence-electron chi connectivity index (χ1n) is 16.6. The summed E-state index contributed by atoms with van der Waals surface area (Å²) in [4.78, 5) is 16.4. The van der Waals surface area contributed by atoms with E-state index in [1.54, 1.807) is 24.4 Å². The molecule has 1 aromatic heterocycles. The molecule has 0 bridgehead atoms. The third kappa shape index (κ3) is 7.91. The standard InChI is InChI=1S/C38H48FN5O/c1-5-28-16-19-43(18-15-25(28)2)24-31-11-13-33(22-34(31)29-9-10-29)42-38(45)32-20-26(3)27(4)35(23-39)30(21-32)12-14-37(41)44-17-7-6-8-36(44)40/h6-8,11,13,17,20,22,25,27-29,32,40-41H,5,9-10,15-16,18-19,21,23-24H2,1-4H3,(H,42,45). The molecule has 4 unspecified atom stereocenters. The number of benzene rings is 1. The van der Waals surface area contributed by atoms with Gasteiger partial charge in [0, 0.05) is 29.9 Å². The number of hydrogen-bond acceptors (Lipinski definition) is 4. The molecule has 2 heterocycles. The summed E-state index contributed by atoms with van der Waals surface area (Å²) in [5, 5.41) is 19.6. The molecule has 5 rings (SSSR count). The molecular formula is C38H48FN5O. The van der Waals surface area contributed by atoms with Gasteiger partial charge in [-0.15, -0.1) is 0 Å². The molecule has 2 aliphatic carbocycles. The van der Waals surface area contributed by atoms with E-state index >= 15 is 0 Å². The zero-order valence-corrected chi connectivity index (χ0v) is 27.3. The van der Waals surface area contributed by atoms with Crippen LogP contribution in [-0.4, -0.2) is 41.0 Å². The number of carbonyl (C=O) groups excluding carboxylic acids is 1. The Kier molecular flexibility index (Phi) is 10.6. The van der Waals surface area contributed by atoms with Crippen molar-refractivity contribution < 1.29 is 9.18 Å². The molecule has 1 aliphatic heterocycles. The molecule has 4 atom stereocenters. The lowest BCUT2D eigenvalue weighted by Gasteiger charge is -2.22. The van der Waals surface area contributed by atoms with Crippen LogP contribution in [0.1, 0.15) is 83.3 Å². The van der Waals surface area contributed by atoms with E-state index in [9.17, 15) is 9.18 Å². The van der Waals surface area contributed by atoms with E-state index in [2.05, 4.69) is 48.0 Å². The second kappa shape index (κ2) is 14.6. The number of nitrogens with one attached hydrogen (secondary N) is 3. The van der Waals surface area contributed by atoms with Gasteiger partial charge in [-0.2, -0.15) is 0 Å². The van der Waals surface area contributed by atoms with E-state index in [-0.39, 0.29) is 29.6 Å². The molecule has 1 amide bonds. The van der Waals surface area contributed by atoms with E-state index in [1.807, 2.05) is 26.0 Å². The Morgan fingerprint density at radius 2 is 1.89 bits per heavy atom. The van der Waals surface area contributed by atoms with Gasteiger partial charge in [-0.3, -0.25) is 25.1 Å². The first-order chi connectivity index (χ1) is 21.7. The molecule has 0 spiro atoms. The Morgan fingerprint density at radius 1 is 1.11 bits per heavy atom. The van der Waals surface area contributed by atoms with Gasteiger partial charge in [-0.1, -0.05) is 56.9 Å². The first-order valence-corrected chi connectivity index (χ1v) is 16.6. The van der Waals surface area contributed by atoms with Gasteiger partial charge in [0.15, 0.2) is 5.84 Å². The van der Waals surface area contributed by atoms with Gasteiger partial charge in [0.2, 0.25) is 5.91 Å². The number of hydrogen-bond donors (Lipinski definition) is 3. The second-order valence-corrected chi connectivity index (χ2v) is 13.3. The zero-order chi connectivity index (χ0) is 32.1. The van der Waals surface area contributed by atoms with Crippen molar-refractivity contribution in [1.82, 2.24) is 9.47 Å². The quantitative estimate of drug-likeness (QED) is 0.132. The zero-order valence-electron chi connectivity index (χ0n) is 27.3. The Bertz CT molecular complexity index is 1600. The van der Waals surface area contributed by atoms with Gasteiger partial charge in [0.05, 0.1) is 5.92 Å². The van der Waals surface area contributed by atoms with E-state index < -0.39 is 12.6 Å². The number of anilines is 1. The smallest absolute Gasteiger partial charge is 0.231 e. The minimum absolute atomic E-state index is 0.0681. The van der Waals surface area contributed by atoms with Gasteiger partial charge in [-0.25, -0.2) is 4.39 Å². The van der Waals surface area contributed by atoms with Gasteiger partial charge >= 0.3 is 0 Å². The van der Waals surface area contributed by atoms with Crippen molar-refractivity contribution in [3.8, 4) is 11.8 Å². The number of amides is 1. The van der Waals surface area contributed by atoms with Gasteiger partial charge < -0.3 is 5.32 Å². The fourth-order valence-corrected chi connectivity index (χ4v) is 6.93. The summed E-state index contributed by atoms with van der Waals surface area (Å²) in [5.74, 6) is 7.08. The second-order valence-electron chi connectivity index (χ2n) is 13.3. The SMILES string of the molecule is CCC1CCN(Cc2ccc(NC(=O)C3C=C(C)C(C)C(CF)=C(C#CC(=N)n4ccccc4=N)C3)cc2C2CC2)CCC1C. The highest BCUT2D eigenvalue weighted by molar-refractivity contribution is 5.98. The summed E-state index contributed by atoms with van der Waals surface area (Å²) < 4.78 is 15.8. The van der Waals surface area contributed by atoms with Crippen LogP contribution in [0.2, 0.25) is 0 Å². The van der Waals surface area contributed by atoms with Crippen LogP contribution in [0.4, 0.5) is 10.1 Å². The number of alkyl halides is 1. The van der Waals surface area contributed by atoms with Crippen LogP contribution >= 0.6 is 0 Å². The highest BCUT2D eigenvalue weighted by Crippen LogP contribution is 2.43. The molecule has 3 N–H and O–H groups in total. The van der Waals surface area contributed by atoms with Crippen LogP contribution in [0, 0.1) is 46.3 Å². The minimum atomic E-state index is -0.665. The average molecular weight is 610 g/mol. The first kappa shape index (κ1) is 32.6. The lowest BCUT2D eigenvalue weighted by Crippen LogP contribution is -2.25. The maximum atomic E-state index is 14.4. The number of allylic oxidation sites excluding steroid dienone is 3. The Hall–Kier alpha value is -3.76. The maximum Gasteiger partial charge on any atom is 0.231 e. The van der Waals surface area contributed by atoms with Crippen molar-refractivity contribution in [2.45, 2.75) is 78.7 Å². The molecule has 7 heteroatoms. The summed E-state index contributed by atoms with van der Waals surface area (Å²) in [6.45, 7) is 11.2. The average Bonchev–Trinajstić information content (AvgIpc) is 3.90. The van der Waals surface area contributed by atoms with E-state index in [4.69, 9.17) is 10.8 Å². The number of nitrogens with zero attached hydrogens (tertiary/aromatic N) is 2. The number of carbonyl (C=O) groups is 1. The third-order valence-corrected chi connectivity index (χ3v) is 10.3. The normalized spacial score (nSPS) is 24.2. The summed E-state index contributed by atoms with van der Waals surface area (Å²) in [7, 11) is 0. The summed E-state index contributed by atoms with van der Waals surface area (Å²) in [6.07, 6.45) is 9.98. The molecular weight excluding hydrogens is 561 g/mol. The van der Waals surface area contributed by atoms with Gasteiger partial charge in [-0.05, 0) is 117 Å². The topological polar surface area (TPSA) is 85.0 Å². The third-order valence-electron chi connectivity index (χ3n) is 10.3. The van der Waals surface area contributed by atoms with Crippen molar-refractivity contribution in [2.75, 3.05) is 25.1 Å². The number of pyridine rings is 1. The van der Waals surface area contributed by atoms with Crippen LogP contribution in [0.5, 0.6) is 0 Å². The molecule has 1 saturated carbocycles. The largest absolute Gasteiger partial charge is 0.326 e. The molecule has 2 aromatic rings. The van der Waals surface area contributed by atoms with Crippen LogP contribution in [0.25, 0.3) is 0 Å². The molecule has 45 heavy (non-hydrogen) atoms. The number of halogens is 1. The Morgan fingerprint density at radius 3 is 2.60 bits per heavy atom. The van der Waals surface area contributed by atoms with Crippen LogP contribution < -0.4 is 10.8 Å². The fraction of sp³-hybridized carbons (Fsp3) is 0.500. The van der Waals surface area contributed by atoms with E-state index in [0.29, 0.717) is 17.1 Å². The predicted molar refractivity (Wildman–Crippen MR) is 180 cm³/mol. The number of rotatable bonds is 7. The maximum absolute atomic E-state index is 14.4. The molecule has 6 nitrogen and oxygen atoms in total. The monoisotopic (exact) mass is 609 g/mol. The number of aromatic nitrogens is 1. The van der Waals surface area contributed by atoms with Crippen molar-refractivity contribution in [1.29, 1.82) is 10.8 Å². The van der Waals surface area contributed by atoms with Crippen molar-refractivity contribution in [3.05, 3.63) is 82.0 Å². The van der Waals surface area contributed by atoms with Gasteiger partial charge in [0.25, 0.3) is 0 Å². The lowest BCUT2D eigenvalue weighted by molar-refractivity contribution is -0.118. The Labute approximate surface area is 267 Å². The molecule has 3 aliphatic rings. The summed E-state index contributed by atoms with van der Waals surface area (Å²) >= 11 is 0. The van der Waals surface area contributed by atoms with Crippen LogP contribution in [0.3, 0.4) is 0 Å². The highest BCUT2D eigenvalue weighted by atomic mass is 19.1. The van der Waals surface area contributed by atoms with Gasteiger partial charge in [0.1, 0.15) is 12.2 Å². The highest BCUT2D eigenvalue weighted by Gasteiger charge is 2.30. The number of likely N-dealkylation sites (tertiary alicyclic amines) is 1. The molecule has 0 radical (unpaired) electrons. The fourth-order valence-electron chi connectivity index (χ4n) is 6.93. The molecule has 2 fully saturated rings. The predicted octanol–water partition coefficient (Wildman–Crippen LogP) is 7.44. The minimum Gasteiger partial charge on any atom is -0.326 e. The molecule has 238 valence electrons. The van der Waals surface area contributed by atoms with Crippen molar-refractivity contribution in [3.63, 3.8) is 0 Å². The summed E-state index contributed by atoms with van der Waals surface area (Å²) in [6, 6.07) is 11.5. The van der Waals surface area contributed by atoms with Crippen molar-refractivity contribution in [2.24, 2.45) is 23.7 Å². The van der Waals surface area contributed by atoms with Crippen LogP contribution in [-0.2, 0) is 11.3 Å². The summed E-state index contributed by atoms with van der Waals surface area (Å²) in [5.41, 5.74) is 5.72. The van der Waals surface area contributed by atoms with Crippen LogP contribution in [0.15, 0.2) is 65.4 Å². The van der Waals surface area contributed by atoms with Crippen molar-refractivity contribution >= 4 is 17.4 Å². The molecule has 1 aromatic carbocycles. The Balaban J connectivity index is 1.33. The lowest BCUT2D eigenvalue weighted by atomic mass is 9.88.